The smallest absolute Gasteiger partial charge is 0.345 e. The maximum atomic E-state index is 12.5. The first-order valence-corrected chi connectivity index (χ1v) is 13.5. The molecule has 4 aromatic rings. The molecule has 0 saturated heterocycles. The summed E-state index contributed by atoms with van der Waals surface area (Å²) in [5.41, 5.74) is 3.25. The van der Waals surface area contributed by atoms with Gasteiger partial charge in [0.05, 0.1) is 0 Å². The van der Waals surface area contributed by atoms with Crippen LogP contribution in [0.2, 0.25) is 0 Å². The summed E-state index contributed by atoms with van der Waals surface area (Å²) in [4.78, 5) is 13.8. The van der Waals surface area contributed by atoms with Gasteiger partial charge in [-0.25, -0.2) is 4.79 Å². The Balaban J connectivity index is 1.45. The quantitative estimate of drug-likeness (QED) is 0.144. The first-order chi connectivity index (χ1) is 16.6. The van der Waals surface area contributed by atoms with Crippen molar-refractivity contribution in [2.45, 2.75) is 40.2 Å². The summed E-state index contributed by atoms with van der Waals surface area (Å²) in [6, 6.07) is 20.6. The monoisotopic (exact) mass is 547 g/mol. The van der Waals surface area contributed by atoms with Crippen molar-refractivity contribution in [3.63, 3.8) is 0 Å². The van der Waals surface area contributed by atoms with Gasteiger partial charge in [0.1, 0.15) is 11.1 Å². The summed E-state index contributed by atoms with van der Waals surface area (Å²) in [6.07, 6.45) is 0. The standard InChI is InChI=1S/C30H28BrO3S/c1-20-16-25(35-19-22(3)26-8-6-7-9-27(26)35)17-21(2)29(20)33-18-28(32)34-30(4,5)15-14-23-10-12-24(31)13-11-23/h6-13,16-17,19H,18H2,1-5H3/q+1. The van der Waals surface area contributed by atoms with Crippen molar-refractivity contribution in [1.82, 2.24) is 0 Å². The molecule has 5 heteroatoms. The number of ether oxygens (including phenoxy) is 2. The number of halogens is 1. The van der Waals surface area contributed by atoms with Crippen LogP contribution in [-0.4, -0.2) is 18.2 Å². The molecule has 1 aromatic heterocycles. The fourth-order valence-electron chi connectivity index (χ4n) is 3.97. The molecule has 0 radical (unpaired) electrons. The number of thiophene rings is 1. The highest BCUT2D eigenvalue weighted by molar-refractivity contribution is 9.10. The van der Waals surface area contributed by atoms with Crippen LogP contribution in [0.1, 0.15) is 36.1 Å². The highest BCUT2D eigenvalue weighted by Crippen LogP contribution is 2.43. The molecule has 4 rings (SSSR count). The van der Waals surface area contributed by atoms with Crippen molar-refractivity contribution < 1.29 is 14.3 Å². The molecule has 0 aliphatic rings. The fraction of sp³-hybridized carbons (Fsp3) is 0.233. The second-order valence-corrected chi connectivity index (χ2v) is 11.8. The number of aryl methyl sites for hydroxylation is 3. The molecule has 0 aliphatic carbocycles. The lowest BCUT2D eigenvalue weighted by atomic mass is 10.1. The number of carbonyl (C=O) groups excluding carboxylic acids is 1. The van der Waals surface area contributed by atoms with E-state index < -0.39 is 11.6 Å². The van der Waals surface area contributed by atoms with E-state index in [2.05, 4.69) is 76.5 Å². The second-order valence-electron chi connectivity index (χ2n) is 9.05. The van der Waals surface area contributed by atoms with Crippen molar-refractivity contribution >= 4 is 42.5 Å². The van der Waals surface area contributed by atoms with E-state index in [-0.39, 0.29) is 17.1 Å². The van der Waals surface area contributed by atoms with Gasteiger partial charge in [0.2, 0.25) is 0 Å². The number of fused-ring (bicyclic) bond motifs is 1. The fourth-order valence-corrected chi connectivity index (χ4v) is 6.54. The topological polar surface area (TPSA) is 35.5 Å². The van der Waals surface area contributed by atoms with Crippen LogP contribution < -0.4 is 4.74 Å². The Kier molecular flexibility index (Phi) is 7.35. The van der Waals surface area contributed by atoms with Crippen LogP contribution in [0.15, 0.2) is 70.5 Å². The van der Waals surface area contributed by atoms with Gasteiger partial charge in [-0.1, -0.05) is 39.9 Å². The van der Waals surface area contributed by atoms with Crippen LogP contribution in [0.5, 0.6) is 5.75 Å². The van der Waals surface area contributed by atoms with Crippen molar-refractivity contribution in [2.75, 3.05) is 6.61 Å². The summed E-state index contributed by atoms with van der Waals surface area (Å²) in [5, 5.41) is 3.66. The van der Waals surface area contributed by atoms with Crippen LogP contribution in [0.25, 0.3) is 15.0 Å². The molecule has 3 nitrogen and oxygen atoms in total. The van der Waals surface area contributed by atoms with Crippen molar-refractivity contribution in [3.8, 4) is 22.5 Å². The molecule has 1 heterocycles. The minimum absolute atomic E-state index is 0.0974. The zero-order valence-corrected chi connectivity index (χ0v) is 23.0. The molecule has 0 saturated carbocycles. The van der Waals surface area contributed by atoms with Gasteiger partial charge in [0, 0.05) is 43.6 Å². The van der Waals surface area contributed by atoms with E-state index in [1.54, 1.807) is 13.8 Å². The van der Waals surface area contributed by atoms with Gasteiger partial charge >= 0.3 is 5.97 Å². The third-order valence-electron chi connectivity index (χ3n) is 5.59. The van der Waals surface area contributed by atoms with E-state index in [1.165, 1.54) is 20.5 Å². The molecule has 35 heavy (non-hydrogen) atoms. The third kappa shape index (κ3) is 5.96. The van der Waals surface area contributed by atoms with Gasteiger partial charge in [0.15, 0.2) is 21.8 Å². The predicted molar refractivity (Wildman–Crippen MR) is 149 cm³/mol. The predicted octanol–water partition coefficient (Wildman–Crippen LogP) is 8.02. The molecule has 1 atom stereocenters. The van der Waals surface area contributed by atoms with E-state index in [0.29, 0.717) is 0 Å². The molecule has 0 fully saturated rings. The molecular formula is C30H28BrO3S+. The van der Waals surface area contributed by atoms with E-state index in [1.807, 2.05) is 38.1 Å². The number of rotatable bonds is 5. The zero-order chi connectivity index (χ0) is 25.2. The van der Waals surface area contributed by atoms with Crippen LogP contribution in [0.3, 0.4) is 0 Å². The lowest BCUT2D eigenvalue weighted by molar-refractivity contribution is -0.154. The molecule has 178 valence electrons. The lowest BCUT2D eigenvalue weighted by Gasteiger charge is -2.19. The molecule has 0 N–H and O–H groups in total. The average molecular weight is 549 g/mol. The Hall–Kier alpha value is -3.07. The van der Waals surface area contributed by atoms with Crippen LogP contribution in [-0.2, 0) is 9.53 Å². The van der Waals surface area contributed by atoms with Gasteiger partial charge in [-0.15, -0.1) is 0 Å². The van der Waals surface area contributed by atoms with Gasteiger partial charge in [-0.3, -0.25) is 0 Å². The first kappa shape index (κ1) is 25.0. The molecular weight excluding hydrogens is 520 g/mol. The van der Waals surface area contributed by atoms with Crippen LogP contribution in [0, 0.1) is 32.6 Å². The Bertz CT molecular complexity index is 1430. The zero-order valence-electron chi connectivity index (χ0n) is 20.6. The summed E-state index contributed by atoms with van der Waals surface area (Å²) in [6.45, 7) is 9.59. The number of hydrogen-bond donors (Lipinski definition) is 0. The van der Waals surface area contributed by atoms with Crippen LogP contribution in [0.4, 0.5) is 0 Å². The largest absolute Gasteiger partial charge is 0.481 e. The lowest BCUT2D eigenvalue weighted by Crippen LogP contribution is -2.29. The van der Waals surface area contributed by atoms with Crippen molar-refractivity contribution in [3.05, 3.63) is 92.8 Å². The average Bonchev–Trinajstić information content (AvgIpc) is 3.14. The Labute approximate surface area is 218 Å². The van der Waals surface area contributed by atoms with E-state index >= 15 is 0 Å². The SMILES string of the molecule is Cc1cc(-[s+]2cc(C)c3ccccc32)cc(C)c1OCC(=O)OC(C)(C)C#Cc1ccc(Br)cc1. The molecule has 1 unspecified atom stereocenters. The molecule has 3 aromatic carbocycles. The Morgan fingerprint density at radius 3 is 2.31 bits per heavy atom. The summed E-state index contributed by atoms with van der Waals surface area (Å²) >= 11 is 3.41. The highest BCUT2D eigenvalue weighted by Gasteiger charge is 2.23. The second kappa shape index (κ2) is 10.3. The molecule has 0 spiro atoms. The van der Waals surface area contributed by atoms with Crippen molar-refractivity contribution in [1.29, 1.82) is 0 Å². The van der Waals surface area contributed by atoms with E-state index in [0.717, 1.165) is 26.9 Å². The minimum atomic E-state index is -0.928. The summed E-state index contributed by atoms with van der Waals surface area (Å²) < 4.78 is 13.9. The molecule has 0 amide bonds. The van der Waals surface area contributed by atoms with Crippen LogP contribution >= 0.6 is 26.4 Å². The molecule has 0 bridgehead atoms. The minimum Gasteiger partial charge on any atom is -0.481 e. The number of benzene rings is 3. The third-order valence-corrected chi connectivity index (χ3v) is 8.28. The van der Waals surface area contributed by atoms with Gasteiger partial charge < -0.3 is 9.47 Å². The Morgan fingerprint density at radius 1 is 0.971 bits per heavy atom. The van der Waals surface area contributed by atoms with Gasteiger partial charge in [-0.2, -0.15) is 0 Å². The van der Waals surface area contributed by atoms with Gasteiger partial charge in [-0.05, 0) is 82.1 Å². The number of esters is 1. The van der Waals surface area contributed by atoms with E-state index in [9.17, 15) is 4.79 Å². The van der Waals surface area contributed by atoms with Crippen molar-refractivity contribution in [2.24, 2.45) is 0 Å². The maximum absolute atomic E-state index is 12.5. The number of hydrogen-bond acceptors (Lipinski definition) is 3. The Morgan fingerprint density at radius 2 is 1.63 bits per heavy atom. The van der Waals surface area contributed by atoms with Gasteiger partial charge in [0.25, 0.3) is 0 Å². The summed E-state index contributed by atoms with van der Waals surface area (Å²) in [7, 11) is -0.0974. The number of carbonyl (C=O) groups is 1. The van der Waals surface area contributed by atoms with E-state index in [4.69, 9.17) is 9.47 Å². The maximum Gasteiger partial charge on any atom is 0.345 e. The molecule has 0 aliphatic heterocycles. The normalized spacial score (nSPS) is 11.7. The first-order valence-electron chi connectivity index (χ1n) is 11.4. The summed E-state index contributed by atoms with van der Waals surface area (Å²) in [5.74, 6) is 6.36. The highest BCUT2D eigenvalue weighted by atomic mass is 79.9.